The number of ketones is 1. The Morgan fingerprint density at radius 2 is 1.79 bits per heavy atom. The van der Waals surface area contributed by atoms with E-state index in [4.69, 9.17) is 4.74 Å². The molecule has 2 N–H and O–H groups in total. The maximum Gasteiger partial charge on any atom is 0.354 e. The third kappa shape index (κ3) is 4.67. The third-order valence-corrected chi connectivity index (χ3v) is 6.87. The molecule has 0 aliphatic carbocycles. The molecule has 1 atom stereocenters. The van der Waals surface area contributed by atoms with Crippen molar-refractivity contribution in [2.45, 2.75) is 33.7 Å². The minimum Gasteiger partial charge on any atom is -0.507 e. The average Bonchev–Trinajstić information content (AvgIpc) is 3.26. The lowest BCUT2D eigenvalue weighted by Gasteiger charge is -2.28. The van der Waals surface area contributed by atoms with Crippen molar-refractivity contribution >= 4 is 39.3 Å². The van der Waals surface area contributed by atoms with E-state index in [0.29, 0.717) is 35.5 Å². The van der Waals surface area contributed by atoms with Crippen LogP contribution >= 0.6 is 15.9 Å². The van der Waals surface area contributed by atoms with Gasteiger partial charge in [0.05, 0.1) is 18.7 Å². The molecule has 1 amide bonds. The first kappa shape index (κ1) is 25.7. The minimum absolute atomic E-state index is 0.00786. The predicted molar refractivity (Wildman–Crippen MR) is 133 cm³/mol. The summed E-state index contributed by atoms with van der Waals surface area (Å²) in [4.78, 5) is 45.2. The molecule has 9 heteroatoms. The number of carbonyl (C=O) groups excluding carboxylic acids is 3. The van der Waals surface area contributed by atoms with E-state index in [1.54, 1.807) is 13.8 Å². The van der Waals surface area contributed by atoms with Crippen LogP contribution in [0.3, 0.4) is 0 Å². The highest BCUT2D eigenvalue weighted by molar-refractivity contribution is 9.10. The van der Waals surface area contributed by atoms with Gasteiger partial charge in [-0.25, -0.2) is 4.79 Å². The highest BCUT2D eigenvalue weighted by Crippen LogP contribution is 2.41. The Hall–Kier alpha value is -2.91. The van der Waals surface area contributed by atoms with Gasteiger partial charge in [0.1, 0.15) is 11.5 Å². The lowest BCUT2D eigenvalue weighted by Crippen LogP contribution is -2.38. The number of aromatic amines is 1. The van der Waals surface area contributed by atoms with Gasteiger partial charge >= 0.3 is 5.97 Å². The van der Waals surface area contributed by atoms with E-state index in [-0.39, 0.29) is 17.0 Å². The Morgan fingerprint density at radius 1 is 1.18 bits per heavy atom. The number of H-pyrrole nitrogens is 1. The zero-order chi connectivity index (χ0) is 25.2. The lowest BCUT2D eigenvalue weighted by molar-refractivity contribution is -0.140. The molecule has 1 aromatic carbocycles. The third-order valence-electron chi connectivity index (χ3n) is 6.34. The van der Waals surface area contributed by atoms with Crippen LogP contribution in [-0.2, 0) is 14.3 Å². The molecule has 34 heavy (non-hydrogen) atoms. The molecule has 0 radical (unpaired) electrons. The predicted octanol–water partition coefficient (Wildman–Crippen LogP) is 3.94. The van der Waals surface area contributed by atoms with Crippen molar-refractivity contribution in [3.05, 3.63) is 62.4 Å². The summed E-state index contributed by atoms with van der Waals surface area (Å²) in [5.41, 5.74) is 2.18. The van der Waals surface area contributed by atoms with Crippen LogP contribution in [0, 0.1) is 13.8 Å². The molecule has 2 aromatic rings. The van der Waals surface area contributed by atoms with Gasteiger partial charge in [-0.1, -0.05) is 41.9 Å². The number of aryl methyl sites for hydroxylation is 1. The SMILES string of the molecule is CCN(CC)CCN1C(=O)C(=O)/C(=C(/O)c2c(C)[nH]c(C(=O)OC)c2C)[C@@H]1c1ccc(Br)cc1. The normalized spacial score (nSPS) is 17.6. The number of rotatable bonds is 8. The molecule has 1 aliphatic rings. The number of aliphatic hydroxyl groups excluding tert-OH is 1. The number of hydrogen-bond donors (Lipinski definition) is 2. The number of likely N-dealkylation sites (N-methyl/N-ethyl adjacent to an activating group) is 1. The molecule has 1 aromatic heterocycles. The van der Waals surface area contributed by atoms with E-state index < -0.39 is 23.7 Å². The maximum atomic E-state index is 13.3. The molecule has 1 fully saturated rings. The van der Waals surface area contributed by atoms with Crippen molar-refractivity contribution in [3.63, 3.8) is 0 Å². The molecule has 2 heterocycles. The Kier molecular flexibility index (Phi) is 7.99. The number of nitrogens with one attached hydrogen (secondary N) is 1. The standard InChI is InChI=1S/C25H30BrN3O5/c1-6-28(7-2)12-13-29-21(16-8-10-17(26)11-9-16)19(23(31)24(29)32)22(30)18-14(3)20(25(33)34-5)27-15(18)4/h8-11,21,27,30H,6-7,12-13H2,1-5H3/b22-19+/t21-/m0/s1. The zero-order valence-electron chi connectivity index (χ0n) is 20.1. The van der Waals surface area contributed by atoms with Crippen molar-refractivity contribution < 1.29 is 24.2 Å². The van der Waals surface area contributed by atoms with Gasteiger partial charge in [0.2, 0.25) is 0 Å². The van der Waals surface area contributed by atoms with Crippen molar-refractivity contribution in [2.75, 3.05) is 33.3 Å². The summed E-state index contributed by atoms with van der Waals surface area (Å²) in [6.07, 6.45) is 0. The summed E-state index contributed by atoms with van der Waals surface area (Å²) in [6, 6.07) is 6.58. The smallest absolute Gasteiger partial charge is 0.354 e. The molecule has 0 spiro atoms. The highest BCUT2D eigenvalue weighted by Gasteiger charge is 2.46. The monoisotopic (exact) mass is 531 g/mol. The number of aromatic nitrogens is 1. The molecule has 0 bridgehead atoms. The minimum atomic E-state index is -0.751. The van der Waals surface area contributed by atoms with Crippen LogP contribution in [0.2, 0.25) is 0 Å². The number of esters is 1. The summed E-state index contributed by atoms with van der Waals surface area (Å²) >= 11 is 3.42. The second-order valence-corrected chi connectivity index (χ2v) is 9.10. The fraction of sp³-hybridized carbons (Fsp3) is 0.400. The Labute approximate surface area is 207 Å². The topological polar surface area (TPSA) is 103 Å². The largest absolute Gasteiger partial charge is 0.507 e. The Morgan fingerprint density at radius 3 is 2.35 bits per heavy atom. The fourth-order valence-corrected chi connectivity index (χ4v) is 4.70. The molecule has 0 unspecified atom stereocenters. The molecule has 8 nitrogen and oxygen atoms in total. The quantitative estimate of drug-likeness (QED) is 0.231. The van der Waals surface area contributed by atoms with Gasteiger partial charge in [0.15, 0.2) is 0 Å². The van der Waals surface area contributed by atoms with Crippen LogP contribution in [0.15, 0.2) is 34.3 Å². The number of nitrogens with zero attached hydrogens (tertiary/aromatic N) is 2. The van der Waals surface area contributed by atoms with Crippen LogP contribution in [-0.4, -0.2) is 70.8 Å². The maximum absolute atomic E-state index is 13.3. The van der Waals surface area contributed by atoms with Crippen molar-refractivity contribution in [1.82, 2.24) is 14.8 Å². The van der Waals surface area contributed by atoms with Crippen LogP contribution in [0.5, 0.6) is 0 Å². The fourth-order valence-electron chi connectivity index (χ4n) is 4.44. The van der Waals surface area contributed by atoms with E-state index >= 15 is 0 Å². The van der Waals surface area contributed by atoms with Crippen LogP contribution < -0.4 is 0 Å². The number of methoxy groups -OCH3 is 1. The number of hydrogen-bond acceptors (Lipinski definition) is 6. The number of likely N-dealkylation sites (tertiary alicyclic amines) is 1. The molecular formula is C25H30BrN3O5. The van der Waals surface area contributed by atoms with Crippen LogP contribution in [0.1, 0.15) is 52.8 Å². The second kappa shape index (κ2) is 10.6. The van der Waals surface area contributed by atoms with Crippen LogP contribution in [0.25, 0.3) is 5.76 Å². The molecular weight excluding hydrogens is 502 g/mol. The van der Waals surface area contributed by atoms with E-state index in [1.165, 1.54) is 12.0 Å². The lowest BCUT2D eigenvalue weighted by atomic mass is 9.94. The van der Waals surface area contributed by atoms with Gasteiger partial charge in [0.25, 0.3) is 11.7 Å². The summed E-state index contributed by atoms with van der Waals surface area (Å²) in [5.74, 6) is -2.29. The summed E-state index contributed by atoms with van der Waals surface area (Å²) < 4.78 is 5.67. The van der Waals surface area contributed by atoms with Crippen molar-refractivity contribution in [1.29, 1.82) is 0 Å². The van der Waals surface area contributed by atoms with E-state index in [2.05, 4.69) is 25.8 Å². The molecule has 3 rings (SSSR count). The first-order valence-corrected chi connectivity index (χ1v) is 12.0. The number of Topliss-reactive ketones (excluding diaryl/α,β-unsaturated/α-hetero) is 1. The van der Waals surface area contributed by atoms with Gasteiger partial charge in [-0.05, 0) is 50.2 Å². The first-order valence-electron chi connectivity index (χ1n) is 11.2. The molecule has 182 valence electrons. The van der Waals surface area contributed by atoms with Gasteiger partial charge in [0, 0.05) is 28.8 Å². The van der Waals surface area contributed by atoms with Gasteiger partial charge < -0.3 is 24.6 Å². The number of halogens is 1. The van der Waals surface area contributed by atoms with E-state index in [0.717, 1.165) is 17.6 Å². The van der Waals surface area contributed by atoms with Gasteiger partial charge in [-0.2, -0.15) is 0 Å². The van der Waals surface area contributed by atoms with Crippen molar-refractivity contribution in [3.8, 4) is 0 Å². The van der Waals surface area contributed by atoms with E-state index in [1.807, 2.05) is 38.1 Å². The molecule has 1 saturated heterocycles. The number of aliphatic hydroxyl groups is 1. The highest BCUT2D eigenvalue weighted by atomic mass is 79.9. The Bertz CT molecular complexity index is 1130. The number of carbonyl (C=O) groups is 3. The van der Waals surface area contributed by atoms with Crippen molar-refractivity contribution in [2.24, 2.45) is 0 Å². The summed E-state index contributed by atoms with van der Waals surface area (Å²) in [5, 5.41) is 11.4. The average molecular weight is 532 g/mol. The molecule has 0 saturated carbocycles. The van der Waals surface area contributed by atoms with Gasteiger partial charge in [-0.3, -0.25) is 9.59 Å². The van der Waals surface area contributed by atoms with Crippen LogP contribution in [0.4, 0.5) is 0 Å². The first-order chi connectivity index (χ1) is 16.2. The number of ether oxygens (including phenoxy) is 1. The zero-order valence-corrected chi connectivity index (χ0v) is 21.7. The Balaban J connectivity index is 2.17. The number of amides is 1. The van der Waals surface area contributed by atoms with Gasteiger partial charge in [-0.15, -0.1) is 0 Å². The summed E-state index contributed by atoms with van der Waals surface area (Å²) in [7, 11) is 1.27. The second-order valence-electron chi connectivity index (χ2n) is 8.19. The molecule has 1 aliphatic heterocycles. The number of benzene rings is 1. The van der Waals surface area contributed by atoms with E-state index in [9.17, 15) is 19.5 Å². The summed E-state index contributed by atoms with van der Waals surface area (Å²) in [6.45, 7) is 10.0.